The second-order valence-corrected chi connectivity index (χ2v) is 8.59. The summed E-state index contributed by atoms with van der Waals surface area (Å²) in [4.78, 5) is 0. The third-order valence-electron chi connectivity index (χ3n) is 6.33. The fourth-order valence-corrected chi connectivity index (χ4v) is 4.62. The monoisotopic (exact) mass is 416 g/mol. The molecule has 0 amide bonds. The van der Waals surface area contributed by atoms with Crippen molar-refractivity contribution in [1.82, 2.24) is 0 Å². The Hall–Kier alpha value is -1.56. The van der Waals surface area contributed by atoms with Crippen molar-refractivity contribution in [1.29, 1.82) is 0 Å². The molecule has 30 heavy (non-hydrogen) atoms. The quantitative estimate of drug-likeness (QED) is 0.466. The van der Waals surface area contributed by atoms with E-state index in [1.54, 1.807) is 0 Å². The highest BCUT2D eigenvalue weighted by molar-refractivity contribution is 5.32. The minimum absolute atomic E-state index is 0.300. The van der Waals surface area contributed by atoms with E-state index in [9.17, 15) is 0 Å². The Morgan fingerprint density at radius 3 is 1.70 bits per heavy atom. The summed E-state index contributed by atoms with van der Waals surface area (Å²) in [5.74, 6) is 2.22. The number of aryl methyl sites for hydroxylation is 2. The summed E-state index contributed by atoms with van der Waals surface area (Å²) < 4.78 is 11.5. The van der Waals surface area contributed by atoms with Gasteiger partial charge in [-0.3, -0.25) is 0 Å². The van der Waals surface area contributed by atoms with Crippen LogP contribution in [0.3, 0.4) is 0 Å². The van der Waals surface area contributed by atoms with E-state index in [4.69, 9.17) is 2.74 Å². The van der Waals surface area contributed by atoms with Crippen LogP contribution in [0.4, 0.5) is 0 Å². The Morgan fingerprint density at radius 2 is 1.27 bits per heavy atom. The topological polar surface area (TPSA) is 0 Å². The minimum atomic E-state index is 0.300. The van der Waals surface area contributed by atoms with Gasteiger partial charge < -0.3 is 0 Å². The summed E-state index contributed by atoms with van der Waals surface area (Å²) in [7, 11) is 2.50. The maximum absolute atomic E-state index is 5.75. The zero-order valence-corrected chi connectivity index (χ0v) is 22.0. The Labute approximate surface area is 193 Å². The maximum atomic E-state index is 5.75. The minimum Gasteiger partial charge on any atom is -0.0776 e. The van der Waals surface area contributed by atoms with E-state index in [2.05, 4.69) is 83.1 Å². The van der Waals surface area contributed by atoms with Crippen LogP contribution < -0.4 is 0 Å². The molecule has 3 atom stereocenters. The highest BCUT2D eigenvalue weighted by atomic mass is 14.4. The molecule has 3 rings (SSSR count). The van der Waals surface area contributed by atoms with Crippen molar-refractivity contribution in [3.8, 4) is 0 Å². The molecule has 172 valence electrons. The zero-order valence-electron chi connectivity index (χ0n) is 24.0. The summed E-state index contributed by atoms with van der Waals surface area (Å²) >= 11 is 0. The van der Waals surface area contributed by atoms with Crippen LogP contribution in [0.15, 0.2) is 48.5 Å². The van der Waals surface area contributed by atoms with Gasteiger partial charge in [0.2, 0.25) is 0 Å². The van der Waals surface area contributed by atoms with Gasteiger partial charge in [0, 0.05) is 2.74 Å². The van der Waals surface area contributed by atoms with Gasteiger partial charge in [0.05, 0.1) is 0 Å². The Kier molecular flexibility index (Phi) is 12.7. The molecule has 3 unspecified atom stereocenters. The third kappa shape index (κ3) is 7.60. The lowest BCUT2D eigenvalue weighted by atomic mass is 9.59. The fraction of sp³-hybridized carbons (Fsp3) is 0.600. The van der Waals surface area contributed by atoms with E-state index in [0.717, 1.165) is 11.8 Å². The largest absolute Gasteiger partial charge is 0.0776 e. The smallest absolute Gasteiger partial charge is 0.0194 e. The van der Waals surface area contributed by atoms with Gasteiger partial charge in [-0.05, 0) is 67.4 Å². The lowest BCUT2D eigenvalue weighted by Gasteiger charge is -2.45. The van der Waals surface area contributed by atoms with E-state index < -0.39 is 0 Å². The van der Waals surface area contributed by atoms with Gasteiger partial charge in [0.25, 0.3) is 0 Å². The molecule has 0 nitrogen and oxygen atoms in total. The molecule has 2 aromatic rings. The number of hydrogen-bond acceptors (Lipinski definition) is 0. The molecular weight excluding hydrogens is 360 g/mol. The predicted molar refractivity (Wildman–Crippen MR) is 141 cm³/mol. The van der Waals surface area contributed by atoms with Gasteiger partial charge in [-0.1, -0.05) is 123 Å². The van der Waals surface area contributed by atoms with Crippen molar-refractivity contribution < 1.29 is 2.74 Å². The summed E-state index contributed by atoms with van der Waals surface area (Å²) in [5.41, 5.74) is 6.07. The average Bonchev–Trinajstić information content (AvgIpc) is 2.85. The molecule has 0 radical (unpaired) electrons. The molecule has 0 saturated heterocycles. The van der Waals surface area contributed by atoms with E-state index in [1.807, 2.05) is 27.7 Å². The first-order valence-electron chi connectivity index (χ1n) is 13.5. The molecule has 0 spiro atoms. The van der Waals surface area contributed by atoms with Crippen LogP contribution in [0, 0.1) is 25.7 Å². The first-order chi connectivity index (χ1) is 15.4. The molecule has 0 aliphatic heterocycles. The standard InChI is InChI=1S/C24H32.2C2H6.2CH4/c1-17(2)22-14-15-24(5,21-12-8-19(4)9-13-21)16-23(22)20-10-6-18(3)7-11-20;2*1-2;;/h6-13,17,22-23H,14-16H2,1-5H3;2*1-2H3;2*1H4/i;;;2*1T. The Morgan fingerprint density at radius 1 is 0.833 bits per heavy atom. The van der Waals surface area contributed by atoms with Crippen molar-refractivity contribution in [2.75, 3.05) is 0 Å². The van der Waals surface area contributed by atoms with Gasteiger partial charge in [0.1, 0.15) is 0 Å². The first kappa shape index (κ1) is 26.5. The van der Waals surface area contributed by atoms with Crippen molar-refractivity contribution >= 4 is 0 Å². The third-order valence-corrected chi connectivity index (χ3v) is 6.33. The molecule has 1 aliphatic carbocycles. The highest BCUT2D eigenvalue weighted by Crippen LogP contribution is 2.50. The molecule has 0 heteroatoms. The number of hydrogen-bond donors (Lipinski definition) is 0. The van der Waals surface area contributed by atoms with Crippen LogP contribution in [0.25, 0.3) is 0 Å². The van der Waals surface area contributed by atoms with Crippen LogP contribution >= 0.6 is 0 Å². The SMILES string of the molecule is CC.CC.Cc1ccc(C2CC(C)(c3ccc(C)cc3)CCC2C(C)C)cc1.[3H]C.[3H]C. The molecule has 0 bridgehead atoms. The van der Waals surface area contributed by atoms with Crippen LogP contribution in [-0.2, 0) is 5.41 Å². The average molecular weight is 417 g/mol. The van der Waals surface area contributed by atoms with Gasteiger partial charge in [0.15, 0.2) is 0 Å². The highest BCUT2D eigenvalue weighted by Gasteiger charge is 2.40. The summed E-state index contributed by atoms with van der Waals surface area (Å²) in [6, 6.07) is 18.6. The zero-order chi connectivity index (χ0) is 25.3. The van der Waals surface area contributed by atoms with Gasteiger partial charge in [-0.25, -0.2) is 0 Å². The summed E-state index contributed by atoms with van der Waals surface area (Å²) in [6.45, 7) is 19.6. The van der Waals surface area contributed by atoms with Crippen molar-refractivity contribution in [3.05, 3.63) is 70.8 Å². The van der Waals surface area contributed by atoms with Gasteiger partial charge >= 0.3 is 0 Å². The van der Waals surface area contributed by atoms with Crippen molar-refractivity contribution in [2.24, 2.45) is 11.8 Å². The Balaban J connectivity index is 0. The lowest BCUT2D eigenvalue weighted by molar-refractivity contribution is 0.171. The van der Waals surface area contributed by atoms with Crippen LogP contribution in [0.2, 0.25) is 0 Å². The predicted octanol–water partition coefficient (Wildman–Crippen LogP) is 10.1. The molecule has 0 N–H and O–H groups in total. The van der Waals surface area contributed by atoms with E-state index >= 15 is 0 Å². The van der Waals surface area contributed by atoms with E-state index in [-0.39, 0.29) is 0 Å². The van der Waals surface area contributed by atoms with Crippen molar-refractivity contribution in [3.63, 3.8) is 0 Å². The second-order valence-electron chi connectivity index (χ2n) is 8.59. The molecular formula is C30H52. The van der Waals surface area contributed by atoms with Crippen LogP contribution in [-0.4, -0.2) is 0 Å². The molecule has 1 fully saturated rings. The fourth-order valence-electron chi connectivity index (χ4n) is 4.62. The molecule has 1 saturated carbocycles. The Bertz CT molecular complexity index is 673. The molecule has 1 aliphatic rings. The van der Waals surface area contributed by atoms with Crippen LogP contribution in [0.5, 0.6) is 0 Å². The second kappa shape index (κ2) is 14.4. The van der Waals surface area contributed by atoms with Crippen molar-refractivity contribution in [2.45, 2.75) is 108 Å². The maximum Gasteiger partial charge on any atom is 0.0194 e. The number of benzene rings is 2. The normalized spacial score (nSPS) is 22.8. The van der Waals surface area contributed by atoms with Crippen LogP contribution in [0.1, 0.15) is 113 Å². The van der Waals surface area contributed by atoms with Gasteiger partial charge in [-0.2, -0.15) is 0 Å². The molecule has 2 aromatic carbocycles. The summed E-state index contributed by atoms with van der Waals surface area (Å²) in [6.07, 6.45) is 3.91. The summed E-state index contributed by atoms with van der Waals surface area (Å²) in [5, 5.41) is 0. The van der Waals surface area contributed by atoms with E-state index in [0.29, 0.717) is 11.3 Å². The lowest BCUT2D eigenvalue weighted by Crippen LogP contribution is -2.35. The van der Waals surface area contributed by atoms with Gasteiger partial charge in [-0.15, -0.1) is 0 Å². The first-order valence-corrected chi connectivity index (χ1v) is 11.5. The molecule has 0 heterocycles. The number of rotatable bonds is 3. The van der Waals surface area contributed by atoms with E-state index in [1.165, 1.54) is 56.3 Å². The molecule has 0 aromatic heterocycles.